The first-order valence-corrected chi connectivity index (χ1v) is 17.7. The summed E-state index contributed by atoms with van der Waals surface area (Å²) in [6, 6.07) is 57.2. The molecule has 240 valence electrons. The molecule has 1 aliphatic carbocycles. The van der Waals surface area contributed by atoms with Crippen LogP contribution in [-0.4, -0.2) is 19.1 Å². The van der Waals surface area contributed by atoms with Crippen molar-refractivity contribution in [2.45, 2.75) is 0 Å². The van der Waals surface area contributed by atoms with Gasteiger partial charge in [0.25, 0.3) is 0 Å². The monoisotopic (exact) mass is 660 g/mol. The highest BCUT2D eigenvalue weighted by Gasteiger charge is 2.25. The SMILES string of the molecule is c1ccc(-n2c3ccc(-c4ccc5c(c4)c4ccccc4n5-c4ncc5c6c(cccc46)-c4ncccc4-5)cc3c3ccc4ccccc4c32)cc1. The molecule has 4 aromatic heterocycles. The van der Waals surface area contributed by atoms with E-state index in [4.69, 9.17) is 9.97 Å². The lowest BCUT2D eigenvalue weighted by molar-refractivity contribution is 1.10. The lowest BCUT2D eigenvalue weighted by atomic mass is 10.00. The molecular weight excluding hydrogens is 633 g/mol. The summed E-state index contributed by atoms with van der Waals surface area (Å²) >= 11 is 0. The maximum Gasteiger partial charge on any atom is 0.145 e. The van der Waals surface area contributed by atoms with Crippen LogP contribution in [-0.2, 0) is 0 Å². The van der Waals surface area contributed by atoms with E-state index >= 15 is 0 Å². The third-order valence-electron chi connectivity index (χ3n) is 11.1. The van der Waals surface area contributed by atoms with Crippen molar-refractivity contribution in [3.05, 3.63) is 170 Å². The largest absolute Gasteiger partial charge is 0.309 e. The lowest BCUT2D eigenvalue weighted by Gasteiger charge is -2.12. The Bertz CT molecular complexity index is 3260. The maximum absolute atomic E-state index is 5.18. The predicted octanol–water partition coefficient (Wildman–Crippen LogP) is 12.3. The molecule has 0 saturated carbocycles. The number of aromatic nitrogens is 4. The fourth-order valence-corrected chi connectivity index (χ4v) is 8.89. The number of benzene rings is 7. The van der Waals surface area contributed by atoms with Crippen LogP contribution in [0.3, 0.4) is 0 Å². The van der Waals surface area contributed by atoms with E-state index in [1.54, 1.807) is 0 Å². The average Bonchev–Trinajstić information content (AvgIpc) is 3.85. The van der Waals surface area contributed by atoms with E-state index in [-0.39, 0.29) is 0 Å². The summed E-state index contributed by atoms with van der Waals surface area (Å²) in [5, 5.41) is 9.78. The maximum atomic E-state index is 5.18. The molecule has 0 aliphatic heterocycles. The van der Waals surface area contributed by atoms with Crippen LogP contribution in [0.25, 0.3) is 110 Å². The summed E-state index contributed by atoms with van der Waals surface area (Å²) in [6.45, 7) is 0. The Kier molecular flexibility index (Phi) is 5.47. The molecule has 0 fully saturated rings. The molecule has 4 heterocycles. The Morgan fingerprint density at radius 2 is 1.10 bits per heavy atom. The molecule has 0 spiro atoms. The quantitative estimate of drug-likeness (QED) is 0.189. The minimum Gasteiger partial charge on any atom is -0.309 e. The van der Waals surface area contributed by atoms with Crippen molar-refractivity contribution >= 4 is 65.2 Å². The highest BCUT2D eigenvalue weighted by Crippen LogP contribution is 2.48. The Balaban J connectivity index is 1.08. The van der Waals surface area contributed by atoms with Crippen LogP contribution in [0.15, 0.2) is 170 Å². The number of nitrogens with zero attached hydrogens (tertiary/aromatic N) is 4. The molecule has 0 saturated heterocycles. The lowest BCUT2D eigenvalue weighted by Crippen LogP contribution is -1.99. The van der Waals surface area contributed by atoms with Gasteiger partial charge in [-0.3, -0.25) is 9.55 Å². The molecule has 7 aromatic carbocycles. The Morgan fingerprint density at radius 1 is 0.404 bits per heavy atom. The highest BCUT2D eigenvalue weighted by molar-refractivity contribution is 6.20. The summed E-state index contributed by atoms with van der Waals surface area (Å²) in [5.41, 5.74) is 12.8. The number of fused-ring (bicyclic) bond motifs is 11. The minimum absolute atomic E-state index is 0.940. The van der Waals surface area contributed by atoms with Crippen molar-refractivity contribution in [3.8, 4) is 45.0 Å². The molecular formula is C48H28N4. The second kappa shape index (κ2) is 10.3. The Hall–Kier alpha value is -7.04. The molecule has 0 amide bonds. The molecule has 0 bridgehead atoms. The normalized spacial score (nSPS) is 12.2. The summed E-state index contributed by atoms with van der Waals surface area (Å²) in [6.07, 6.45) is 3.91. The average molecular weight is 661 g/mol. The van der Waals surface area contributed by atoms with Crippen LogP contribution in [0.1, 0.15) is 0 Å². The molecule has 0 N–H and O–H groups in total. The van der Waals surface area contributed by atoms with Crippen LogP contribution in [0, 0.1) is 0 Å². The zero-order valence-electron chi connectivity index (χ0n) is 28.0. The van der Waals surface area contributed by atoms with Crippen molar-refractivity contribution in [2.24, 2.45) is 0 Å². The molecule has 11 aromatic rings. The fourth-order valence-electron chi connectivity index (χ4n) is 8.89. The standard InChI is InChI=1S/C48H28N4/c1-2-11-32(12-3-1)51-43-23-20-31(27-40(43)36-22-19-29-10-4-5-13-33(29)47(36)51)30-21-24-44-39(26-30)34-14-6-7-18-42(34)52(44)48-38-16-8-15-37-45(38)41(28-50-48)35-17-9-25-49-46(35)37/h1-28H. The van der Waals surface area contributed by atoms with Gasteiger partial charge in [-0.05, 0) is 65.0 Å². The summed E-state index contributed by atoms with van der Waals surface area (Å²) in [7, 11) is 0. The summed E-state index contributed by atoms with van der Waals surface area (Å²) in [5.74, 6) is 0.940. The van der Waals surface area contributed by atoms with Gasteiger partial charge >= 0.3 is 0 Å². The van der Waals surface area contributed by atoms with Gasteiger partial charge in [0, 0.05) is 72.5 Å². The smallest absolute Gasteiger partial charge is 0.145 e. The van der Waals surface area contributed by atoms with Gasteiger partial charge in [0.05, 0.1) is 27.8 Å². The van der Waals surface area contributed by atoms with Gasteiger partial charge in [0.15, 0.2) is 0 Å². The second-order valence-electron chi connectivity index (χ2n) is 13.8. The van der Waals surface area contributed by atoms with Gasteiger partial charge in [-0.15, -0.1) is 0 Å². The van der Waals surface area contributed by atoms with Crippen molar-refractivity contribution in [2.75, 3.05) is 0 Å². The molecule has 52 heavy (non-hydrogen) atoms. The topological polar surface area (TPSA) is 35.6 Å². The first-order valence-electron chi connectivity index (χ1n) is 17.7. The van der Waals surface area contributed by atoms with E-state index in [0.717, 1.165) is 44.7 Å². The van der Waals surface area contributed by atoms with Gasteiger partial charge in [0.2, 0.25) is 0 Å². The minimum atomic E-state index is 0.940. The highest BCUT2D eigenvalue weighted by atomic mass is 15.1. The first-order chi connectivity index (χ1) is 25.8. The third kappa shape index (κ3) is 3.65. The Morgan fingerprint density at radius 3 is 1.96 bits per heavy atom. The number of hydrogen-bond donors (Lipinski definition) is 0. The van der Waals surface area contributed by atoms with Crippen molar-refractivity contribution < 1.29 is 0 Å². The van der Waals surface area contributed by atoms with Gasteiger partial charge in [-0.25, -0.2) is 4.98 Å². The van der Waals surface area contributed by atoms with E-state index in [9.17, 15) is 0 Å². The first kappa shape index (κ1) is 27.7. The van der Waals surface area contributed by atoms with Crippen LogP contribution >= 0.6 is 0 Å². The predicted molar refractivity (Wildman–Crippen MR) is 216 cm³/mol. The Labute approximate surface area is 298 Å². The molecule has 0 radical (unpaired) electrons. The van der Waals surface area contributed by atoms with Crippen molar-refractivity contribution in [3.63, 3.8) is 0 Å². The summed E-state index contributed by atoms with van der Waals surface area (Å²) in [4.78, 5) is 9.94. The van der Waals surface area contributed by atoms with Crippen LogP contribution in [0.4, 0.5) is 0 Å². The van der Waals surface area contributed by atoms with Gasteiger partial charge in [-0.2, -0.15) is 0 Å². The zero-order chi connectivity index (χ0) is 33.9. The number of pyridine rings is 2. The van der Waals surface area contributed by atoms with E-state index < -0.39 is 0 Å². The van der Waals surface area contributed by atoms with E-state index in [1.807, 2.05) is 18.5 Å². The van der Waals surface area contributed by atoms with Gasteiger partial charge in [-0.1, -0.05) is 109 Å². The number of rotatable bonds is 3. The summed E-state index contributed by atoms with van der Waals surface area (Å²) < 4.78 is 4.77. The molecule has 4 nitrogen and oxygen atoms in total. The van der Waals surface area contributed by atoms with E-state index in [2.05, 4.69) is 161 Å². The van der Waals surface area contributed by atoms with Crippen molar-refractivity contribution in [1.82, 2.24) is 19.1 Å². The number of hydrogen-bond acceptors (Lipinski definition) is 2. The molecule has 4 heteroatoms. The van der Waals surface area contributed by atoms with Gasteiger partial charge in [0.1, 0.15) is 5.82 Å². The van der Waals surface area contributed by atoms with Crippen LogP contribution < -0.4 is 0 Å². The van der Waals surface area contributed by atoms with Gasteiger partial charge < -0.3 is 4.57 Å². The number of para-hydroxylation sites is 2. The van der Waals surface area contributed by atoms with Crippen LogP contribution in [0.5, 0.6) is 0 Å². The molecule has 1 aliphatic rings. The fraction of sp³-hybridized carbons (Fsp3) is 0. The molecule has 0 atom stereocenters. The van der Waals surface area contributed by atoms with E-state index in [1.165, 1.54) is 65.4 Å². The second-order valence-corrected chi connectivity index (χ2v) is 13.8. The van der Waals surface area contributed by atoms with E-state index in [0.29, 0.717) is 0 Å². The zero-order valence-corrected chi connectivity index (χ0v) is 28.0. The van der Waals surface area contributed by atoms with Crippen molar-refractivity contribution in [1.29, 1.82) is 0 Å². The molecule has 0 unspecified atom stereocenters. The van der Waals surface area contributed by atoms with Crippen LogP contribution in [0.2, 0.25) is 0 Å². The molecule has 12 rings (SSSR count). The third-order valence-corrected chi connectivity index (χ3v) is 11.1.